The summed E-state index contributed by atoms with van der Waals surface area (Å²) in [4.78, 5) is 2.21. The van der Waals surface area contributed by atoms with Crippen LogP contribution in [0.4, 0.5) is 4.39 Å². The van der Waals surface area contributed by atoms with E-state index in [4.69, 9.17) is 0 Å². The Hall–Kier alpha value is -0.640. The number of nitrogens with one attached hydrogen (secondary N) is 1. The zero-order valence-electron chi connectivity index (χ0n) is 10.7. The Morgan fingerprint density at radius 2 is 2.06 bits per heavy atom. The highest BCUT2D eigenvalue weighted by Gasteiger charge is 2.07. The van der Waals surface area contributed by atoms with Gasteiger partial charge >= 0.3 is 0 Å². The lowest BCUT2D eigenvalue weighted by Gasteiger charge is -2.23. The van der Waals surface area contributed by atoms with Crippen molar-refractivity contribution in [1.29, 1.82) is 0 Å². The molecule has 0 amide bonds. The van der Waals surface area contributed by atoms with Crippen LogP contribution in [-0.4, -0.2) is 31.6 Å². The maximum absolute atomic E-state index is 12.9. The smallest absolute Gasteiger partial charge is 0.123 e. The summed E-state index contributed by atoms with van der Waals surface area (Å²) in [5, 5.41) is 3.35. The Morgan fingerprint density at radius 1 is 1.35 bits per heavy atom. The third kappa shape index (κ3) is 6.01. The van der Waals surface area contributed by atoms with Gasteiger partial charge in [0.2, 0.25) is 0 Å². The van der Waals surface area contributed by atoms with Gasteiger partial charge in [0, 0.05) is 19.1 Å². The third-order valence-electron chi connectivity index (χ3n) is 2.80. The van der Waals surface area contributed by atoms with Gasteiger partial charge in [0.1, 0.15) is 5.82 Å². The summed E-state index contributed by atoms with van der Waals surface area (Å²) in [6.07, 6.45) is 1.11. The molecule has 0 saturated heterocycles. The summed E-state index contributed by atoms with van der Waals surface area (Å²) < 4.78 is 12.9. The van der Waals surface area contributed by atoms with E-state index in [-0.39, 0.29) is 18.2 Å². The molecule has 0 aromatic heterocycles. The average Bonchev–Trinajstić information content (AvgIpc) is 2.24. The molecule has 0 bridgehead atoms. The first kappa shape index (κ1) is 16.4. The van der Waals surface area contributed by atoms with Gasteiger partial charge in [0.05, 0.1) is 0 Å². The summed E-state index contributed by atoms with van der Waals surface area (Å²) in [6, 6.07) is 7.26. The summed E-state index contributed by atoms with van der Waals surface area (Å²) in [6.45, 7) is 3.83. The van der Waals surface area contributed by atoms with Crippen molar-refractivity contribution in [1.82, 2.24) is 10.2 Å². The molecular weight excluding hydrogens is 239 g/mol. The molecule has 1 aromatic carbocycles. The Kier molecular flexibility index (Phi) is 8.13. The van der Waals surface area contributed by atoms with E-state index < -0.39 is 0 Å². The molecule has 4 heteroatoms. The van der Waals surface area contributed by atoms with Crippen molar-refractivity contribution in [3.05, 3.63) is 35.6 Å². The second-order valence-corrected chi connectivity index (χ2v) is 4.29. The highest BCUT2D eigenvalue weighted by molar-refractivity contribution is 5.85. The van der Waals surface area contributed by atoms with Crippen LogP contribution in [0.1, 0.15) is 18.9 Å². The number of hydrogen-bond acceptors (Lipinski definition) is 2. The van der Waals surface area contributed by atoms with Crippen LogP contribution in [0.25, 0.3) is 0 Å². The van der Waals surface area contributed by atoms with Gasteiger partial charge in [-0.25, -0.2) is 4.39 Å². The van der Waals surface area contributed by atoms with Crippen LogP contribution in [0, 0.1) is 5.82 Å². The maximum atomic E-state index is 12.9. The van der Waals surface area contributed by atoms with Gasteiger partial charge in [0.15, 0.2) is 0 Å². The molecule has 0 radical (unpaired) electrons. The minimum Gasteiger partial charge on any atom is -0.311 e. The van der Waals surface area contributed by atoms with Crippen molar-refractivity contribution >= 4 is 12.4 Å². The minimum atomic E-state index is -0.168. The predicted octanol–water partition coefficient (Wildman–Crippen LogP) is 2.68. The number of benzene rings is 1. The van der Waals surface area contributed by atoms with Gasteiger partial charge in [-0.1, -0.05) is 19.1 Å². The highest BCUT2D eigenvalue weighted by Crippen LogP contribution is 2.03. The molecule has 17 heavy (non-hydrogen) atoms. The van der Waals surface area contributed by atoms with E-state index in [1.54, 1.807) is 12.1 Å². The fourth-order valence-corrected chi connectivity index (χ4v) is 1.72. The zero-order valence-corrected chi connectivity index (χ0v) is 11.6. The minimum absolute atomic E-state index is 0. The van der Waals surface area contributed by atoms with Crippen molar-refractivity contribution in [3.63, 3.8) is 0 Å². The zero-order chi connectivity index (χ0) is 12.0. The molecule has 1 rings (SSSR count). The van der Waals surface area contributed by atoms with E-state index in [0.29, 0.717) is 6.04 Å². The molecule has 0 aliphatic rings. The Morgan fingerprint density at radius 3 is 2.59 bits per heavy atom. The van der Waals surface area contributed by atoms with Crippen LogP contribution in [-0.2, 0) is 6.54 Å². The Bertz CT molecular complexity index is 318. The quantitative estimate of drug-likeness (QED) is 0.846. The van der Waals surface area contributed by atoms with Crippen molar-refractivity contribution < 1.29 is 4.39 Å². The van der Waals surface area contributed by atoms with Crippen LogP contribution in [0.2, 0.25) is 0 Å². The van der Waals surface area contributed by atoms with Crippen LogP contribution in [0.15, 0.2) is 24.3 Å². The van der Waals surface area contributed by atoms with Gasteiger partial charge in [0.25, 0.3) is 0 Å². The average molecular weight is 261 g/mol. The van der Waals surface area contributed by atoms with E-state index in [1.807, 2.05) is 6.07 Å². The lowest BCUT2D eigenvalue weighted by Crippen LogP contribution is -2.37. The van der Waals surface area contributed by atoms with E-state index in [9.17, 15) is 4.39 Å². The molecule has 0 fully saturated rings. The third-order valence-corrected chi connectivity index (χ3v) is 2.80. The fourth-order valence-electron chi connectivity index (χ4n) is 1.72. The van der Waals surface area contributed by atoms with Gasteiger partial charge in [-0.2, -0.15) is 0 Å². The molecule has 1 aromatic rings. The summed E-state index contributed by atoms with van der Waals surface area (Å²) in [5.41, 5.74) is 0.994. The number of hydrogen-bond donors (Lipinski definition) is 1. The molecule has 0 saturated carbocycles. The number of rotatable bonds is 6. The van der Waals surface area contributed by atoms with Gasteiger partial charge < -0.3 is 10.2 Å². The molecule has 0 aliphatic carbocycles. The van der Waals surface area contributed by atoms with Gasteiger partial charge in [-0.3, -0.25) is 0 Å². The fraction of sp³-hybridized carbons (Fsp3) is 0.538. The lowest BCUT2D eigenvalue weighted by molar-refractivity contribution is 0.276. The Balaban J connectivity index is 0.00000256. The topological polar surface area (TPSA) is 15.3 Å². The largest absolute Gasteiger partial charge is 0.311 e. The van der Waals surface area contributed by atoms with Crippen LogP contribution in [0.3, 0.4) is 0 Å². The van der Waals surface area contributed by atoms with Gasteiger partial charge in [-0.05, 0) is 38.2 Å². The SMILES string of the molecule is CCC(CNCc1cccc(F)c1)N(C)C.Cl. The van der Waals surface area contributed by atoms with E-state index >= 15 is 0 Å². The lowest BCUT2D eigenvalue weighted by atomic mass is 10.2. The highest BCUT2D eigenvalue weighted by atomic mass is 35.5. The molecule has 2 nitrogen and oxygen atoms in total. The second-order valence-electron chi connectivity index (χ2n) is 4.29. The van der Waals surface area contributed by atoms with Crippen molar-refractivity contribution in [3.8, 4) is 0 Å². The van der Waals surface area contributed by atoms with E-state index in [2.05, 4.69) is 31.2 Å². The summed E-state index contributed by atoms with van der Waals surface area (Å²) in [5.74, 6) is -0.168. The summed E-state index contributed by atoms with van der Waals surface area (Å²) >= 11 is 0. The molecule has 1 unspecified atom stereocenters. The summed E-state index contributed by atoms with van der Waals surface area (Å²) in [7, 11) is 4.16. The molecule has 1 atom stereocenters. The van der Waals surface area contributed by atoms with Gasteiger partial charge in [-0.15, -0.1) is 12.4 Å². The number of likely N-dealkylation sites (N-methyl/N-ethyl adjacent to an activating group) is 1. The van der Waals surface area contributed by atoms with Crippen molar-refractivity contribution in [2.45, 2.75) is 25.9 Å². The normalized spacial score (nSPS) is 12.3. The molecular formula is C13H22ClFN2. The van der Waals surface area contributed by atoms with E-state index in [1.165, 1.54) is 6.07 Å². The Labute approximate surface area is 110 Å². The van der Waals surface area contributed by atoms with Crippen LogP contribution < -0.4 is 5.32 Å². The molecule has 0 heterocycles. The van der Waals surface area contributed by atoms with Crippen LogP contribution in [0.5, 0.6) is 0 Å². The van der Waals surface area contributed by atoms with Crippen LogP contribution >= 0.6 is 12.4 Å². The number of nitrogens with zero attached hydrogens (tertiary/aromatic N) is 1. The maximum Gasteiger partial charge on any atom is 0.123 e. The standard InChI is InChI=1S/C13H21FN2.ClH/c1-4-13(16(2)3)10-15-9-11-6-5-7-12(14)8-11;/h5-8,13,15H,4,9-10H2,1-3H3;1H. The van der Waals surface area contributed by atoms with Crippen molar-refractivity contribution in [2.75, 3.05) is 20.6 Å². The predicted molar refractivity (Wildman–Crippen MR) is 73.1 cm³/mol. The molecule has 1 N–H and O–H groups in total. The number of halogens is 2. The molecule has 0 aliphatic heterocycles. The molecule has 0 spiro atoms. The monoisotopic (exact) mass is 260 g/mol. The first-order chi connectivity index (χ1) is 7.63. The van der Waals surface area contributed by atoms with Crippen molar-refractivity contribution in [2.24, 2.45) is 0 Å². The van der Waals surface area contributed by atoms with E-state index in [0.717, 1.165) is 25.1 Å². The second kappa shape index (κ2) is 8.45. The first-order valence-electron chi connectivity index (χ1n) is 5.75. The first-order valence-corrected chi connectivity index (χ1v) is 5.75. The molecule has 98 valence electrons.